The standard InChI is InChI=1S/C15H14Cl2N2O2S/c16-12-3-1-10(2-4-12)11-5-14(6-11)19-22(20,21)15-7-13(17)8-18-9-15/h1-4,7-9,11,14,19H,5-6H2. The second-order valence-electron chi connectivity index (χ2n) is 5.38. The quantitative estimate of drug-likeness (QED) is 0.909. The van der Waals surface area contributed by atoms with Crippen LogP contribution in [0.4, 0.5) is 0 Å². The lowest BCUT2D eigenvalue weighted by Crippen LogP contribution is -2.43. The first-order valence-corrected chi connectivity index (χ1v) is 9.06. The van der Waals surface area contributed by atoms with E-state index in [1.54, 1.807) is 0 Å². The summed E-state index contributed by atoms with van der Waals surface area (Å²) in [6.45, 7) is 0. The summed E-state index contributed by atoms with van der Waals surface area (Å²) in [5, 5.41) is 1.00. The summed E-state index contributed by atoms with van der Waals surface area (Å²) in [6.07, 6.45) is 4.24. The molecule has 4 nitrogen and oxygen atoms in total. The number of nitrogens with one attached hydrogen (secondary N) is 1. The van der Waals surface area contributed by atoms with E-state index in [4.69, 9.17) is 23.2 Å². The maximum absolute atomic E-state index is 12.2. The van der Waals surface area contributed by atoms with Crippen LogP contribution >= 0.6 is 23.2 Å². The third-order valence-electron chi connectivity index (χ3n) is 3.79. The van der Waals surface area contributed by atoms with Gasteiger partial charge in [0.25, 0.3) is 0 Å². The molecule has 0 bridgehead atoms. The van der Waals surface area contributed by atoms with Crippen molar-refractivity contribution < 1.29 is 8.42 Å². The van der Waals surface area contributed by atoms with E-state index >= 15 is 0 Å². The van der Waals surface area contributed by atoms with Gasteiger partial charge < -0.3 is 0 Å². The molecule has 1 aliphatic rings. The van der Waals surface area contributed by atoms with E-state index in [1.807, 2.05) is 24.3 Å². The van der Waals surface area contributed by atoms with Crippen LogP contribution in [0.15, 0.2) is 47.6 Å². The molecule has 1 heterocycles. The van der Waals surface area contributed by atoms with Crippen LogP contribution in [0, 0.1) is 0 Å². The van der Waals surface area contributed by atoms with Gasteiger partial charge in [-0.05, 0) is 42.5 Å². The summed E-state index contributed by atoms with van der Waals surface area (Å²) in [7, 11) is -3.57. The predicted octanol–water partition coefficient (Wildman–Crippen LogP) is 3.61. The molecule has 7 heteroatoms. The average molecular weight is 357 g/mol. The normalized spacial score (nSPS) is 21.4. The fourth-order valence-corrected chi connectivity index (χ4v) is 4.16. The fraction of sp³-hybridized carbons (Fsp3) is 0.267. The molecule has 1 aromatic heterocycles. The average Bonchev–Trinajstić information content (AvgIpc) is 2.44. The van der Waals surface area contributed by atoms with E-state index in [9.17, 15) is 8.42 Å². The highest BCUT2D eigenvalue weighted by atomic mass is 35.5. The molecular weight excluding hydrogens is 343 g/mol. The van der Waals surface area contributed by atoms with E-state index in [1.165, 1.54) is 24.0 Å². The number of nitrogens with zero attached hydrogens (tertiary/aromatic N) is 1. The zero-order valence-electron chi connectivity index (χ0n) is 11.5. The van der Waals surface area contributed by atoms with Crippen molar-refractivity contribution in [1.29, 1.82) is 0 Å². The lowest BCUT2D eigenvalue weighted by molar-refractivity contribution is 0.326. The van der Waals surface area contributed by atoms with Crippen molar-refractivity contribution in [1.82, 2.24) is 9.71 Å². The van der Waals surface area contributed by atoms with Gasteiger partial charge >= 0.3 is 0 Å². The monoisotopic (exact) mass is 356 g/mol. The van der Waals surface area contributed by atoms with E-state index in [-0.39, 0.29) is 10.9 Å². The first-order valence-electron chi connectivity index (χ1n) is 6.82. The molecule has 1 aliphatic carbocycles. The Balaban J connectivity index is 1.63. The second kappa shape index (κ2) is 6.16. The molecule has 3 rings (SSSR count). The number of pyridine rings is 1. The van der Waals surface area contributed by atoms with Crippen LogP contribution in [0.25, 0.3) is 0 Å². The first kappa shape index (κ1) is 15.7. The number of sulfonamides is 1. The molecule has 1 N–H and O–H groups in total. The molecule has 2 aromatic rings. The predicted molar refractivity (Wildman–Crippen MR) is 86.8 cm³/mol. The van der Waals surface area contributed by atoms with Crippen molar-refractivity contribution in [3.63, 3.8) is 0 Å². The highest BCUT2D eigenvalue weighted by Crippen LogP contribution is 2.37. The van der Waals surface area contributed by atoms with E-state index in [0.717, 1.165) is 12.8 Å². The summed E-state index contributed by atoms with van der Waals surface area (Å²) >= 11 is 11.7. The highest BCUT2D eigenvalue weighted by molar-refractivity contribution is 7.89. The highest BCUT2D eigenvalue weighted by Gasteiger charge is 2.33. The minimum absolute atomic E-state index is 0.0651. The van der Waals surface area contributed by atoms with E-state index < -0.39 is 10.0 Å². The zero-order chi connectivity index (χ0) is 15.7. The third-order valence-corrected chi connectivity index (χ3v) is 5.74. The van der Waals surface area contributed by atoms with Gasteiger partial charge in [-0.25, -0.2) is 13.1 Å². The van der Waals surface area contributed by atoms with Gasteiger partial charge in [0.05, 0.1) is 5.02 Å². The minimum Gasteiger partial charge on any atom is -0.262 e. The lowest BCUT2D eigenvalue weighted by Gasteiger charge is -2.36. The molecule has 0 amide bonds. The molecule has 1 aromatic carbocycles. The second-order valence-corrected chi connectivity index (χ2v) is 7.96. The van der Waals surface area contributed by atoms with Crippen molar-refractivity contribution in [2.75, 3.05) is 0 Å². The largest absolute Gasteiger partial charge is 0.262 e. The molecule has 1 saturated carbocycles. The number of rotatable bonds is 4. The Bertz CT molecular complexity index is 772. The van der Waals surface area contributed by atoms with Crippen molar-refractivity contribution in [2.24, 2.45) is 0 Å². The Kier molecular flexibility index (Phi) is 4.41. The Morgan fingerprint density at radius 3 is 2.36 bits per heavy atom. The third kappa shape index (κ3) is 3.43. The molecule has 0 saturated heterocycles. The van der Waals surface area contributed by atoms with Crippen molar-refractivity contribution in [3.05, 3.63) is 58.3 Å². The zero-order valence-corrected chi connectivity index (χ0v) is 13.9. The molecule has 0 spiro atoms. The fourth-order valence-electron chi connectivity index (χ4n) is 2.55. The van der Waals surface area contributed by atoms with Crippen molar-refractivity contribution in [3.8, 4) is 0 Å². The Hall–Kier alpha value is -1.14. The van der Waals surface area contributed by atoms with Gasteiger partial charge in [0.2, 0.25) is 10.0 Å². The van der Waals surface area contributed by atoms with Crippen LogP contribution < -0.4 is 4.72 Å². The molecule has 0 atom stereocenters. The van der Waals surface area contributed by atoms with Crippen LogP contribution in [0.5, 0.6) is 0 Å². The Morgan fingerprint density at radius 1 is 1.05 bits per heavy atom. The molecule has 0 radical (unpaired) electrons. The van der Waals surface area contributed by atoms with Gasteiger partial charge in [0, 0.05) is 23.5 Å². The van der Waals surface area contributed by atoms with Crippen LogP contribution in [-0.2, 0) is 10.0 Å². The summed E-state index contributed by atoms with van der Waals surface area (Å²) in [6, 6.07) is 9.01. The van der Waals surface area contributed by atoms with Crippen LogP contribution in [0.3, 0.4) is 0 Å². The first-order chi connectivity index (χ1) is 10.4. The summed E-state index contributed by atoms with van der Waals surface area (Å²) in [5.41, 5.74) is 1.18. The smallest absolute Gasteiger partial charge is 0.242 e. The summed E-state index contributed by atoms with van der Waals surface area (Å²) in [5.74, 6) is 0.363. The summed E-state index contributed by atoms with van der Waals surface area (Å²) in [4.78, 5) is 3.90. The molecule has 22 heavy (non-hydrogen) atoms. The summed E-state index contributed by atoms with van der Waals surface area (Å²) < 4.78 is 27.2. The topological polar surface area (TPSA) is 59.1 Å². The van der Waals surface area contributed by atoms with Gasteiger partial charge in [-0.1, -0.05) is 35.3 Å². The lowest BCUT2D eigenvalue weighted by atomic mass is 9.76. The van der Waals surface area contributed by atoms with Crippen LogP contribution in [0.2, 0.25) is 10.0 Å². The van der Waals surface area contributed by atoms with Gasteiger partial charge in [-0.3, -0.25) is 4.98 Å². The maximum Gasteiger partial charge on any atom is 0.242 e. The molecule has 0 aliphatic heterocycles. The maximum atomic E-state index is 12.2. The number of aromatic nitrogens is 1. The number of hydrogen-bond donors (Lipinski definition) is 1. The minimum atomic E-state index is -3.57. The molecule has 1 fully saturated rings. The van der Waals surface area contributed by atoms with Crippen molar-refractivity contribution >= 4 is 33.2 Å². The molecule has 116 valence electrons. The van der Waals surface area contributed by atoms with E-state index in [0.29, 0.717) is 16.0 Å². The number of hydrogen-bond acceptors (Lipinski definition) is 3. The number of benzene rings is 1. The van der Waals surface area contributed by atoms with Crippen LogP contribution in [-0.4, -0.2) is 19.4 Å². The van der Waals surface area contributed by atoms with Gasteiger partial charge in [-0.2, -0.15) is 0 Å². The van der Waals surface area contributed by atoms with E-state index in [2.05, 4.69) is 9.71 Å². The molecular formula is C15H14Cl2N2O2S. The van der Waals surface area contributed by atoms with Gasteiger partial charge in [-0.15, -0.1) is 0 Å². The number of halogens is 2. The molecule has 0 unspecified atom stereocenters. The SMILES string of the molecule is O=S(=O)(NC1CC(c2ccc(Cl)cc2)C1)c1cncc(Cl)c1. The van der Waals surface area contributed by atoms with Crippen molar-refractivity contribution in [2.45, 2.75) is 29.7 Å². The van der Waals surface area contributed by atoms with Crippen LogP contribution in [0.1, 0.15) is 24.3 Å². The Morgan fingerprint density at radius 2 is 1.73 bits per heavy atom. The van der Waals surface area contributed by atoms with Gasteiger partial charge in [0.15, 0.2) is 0 Å². The Labute approximate surface area is 139 Å². The van der Waals surface area contributed by atoms with Gasteiger partial charge in [0.1, 0.15) is 4.90 Å².